The molecule has 1 unspecified atom stereocenters. The molecular weight excluding hydrogens is 196 g/mol. The molecule has 0 radical (unpaired) electrons. The largest absolute Gasteiger partial charge is 0.467 e. The smallest absolute Gasteiger partial charge is 0.317 e. The molecule has 1 saturated heterocycles. The standard InChI is InChI=1S/C10H14N2O3/c13-10(12-9-4-2-6-15-9)11-7-8-3-1-5-14-8/h1,3,5,9H,2,4,6-7H2,(H2,11,12,13). The van der Waals surface area contributed by atoms with E-state index < -0.39 is 0 Å². The Morgan fingerprint density at radius 1 is 1.60 bits per heavy atom. The molecular formula is C10H14N2O3. The summed E-state index contributed by atoms with van der Waals surface area (Å²) >= 11 is 0. The fourth-order valence-electron chi connectivity index (χ4n) is 1.47. The van der Waals surface area contributed by atoms with Crippen molar-refractivity contribution < 1.29 is 13.9 Å². The van der Waals surface area contributed by atoms with Crippen LogP contribution in [0.2, 0.25) is 0 Å². The van der Waals surface area contributed by atoms with Crippen LogP contribution in [0.3, 0.4) is 0 Å². The quantitative estimate of drug-likeness (QED) is 0.788. The molecule has 0 bridgehead atoms. The second kappa shape index (κ2) is 4.84. The van der Waals surface area contributed by atoms with Crippen molar-refractivity contribution in [1.29, 1.82) is 0 Å². The molecule has 1 atom stereocenters. The molecule has 0 aliphatic carbocycles. The first-order valence-electron chi connectivity index (χ1n) is 5.03. The van der Waals surface area contributed by atoms with Gasteiger partial charge in [-0.3, -0.25) is 0 Å². The van der Waals surface area contributed by atoms with Gasteiger partial charge in [0.25, 0.3) is 0 Å². The van der Waals surface area contributed by atoms with Crippen LogP contribution in [-0.4, -0.2) is 18.9 Å². The van der Waals surface area contributed by atoms with Gasteiger partial charge in [0.1, 0.15) is 12.0 Å². The van der Waals surface area contributed by atoms with Crippen LogP contribution < -0.4 is 10.6 Å². The van der Waals surface area contributed by atoms with Crippen molar-refractivity contribution in [1.82, 2.24) is 10.6 Å². The molecule has 1 aromatic heterocycles. The van der Waals surface area contributed by atoms with Crippen molar-refractivity contribution in [2.75, 3.05) is 6.61 Å². The summed E-state index contributed by atoms with van der Waals surface area (Å²) in [6.45, 7) is 1.12. The third-order valence-electron chi connectivity index (χ3n) is 2.23. The van der Waals surface area contributed by atoms with Crippen LogP contribution in [0.1, 0.15) is 18.6 Å². The van der Waals surface area contributed by atoms with E-state index in [1.54, 1.807) is 12.3 Å². The molecule has 1 aliphatic heterocycles. The van der Waals surface area contributed by atoms with Gasteiger partial charge in [-0.25, -0.2) is 4.79 Å². The molecule has 2 amide bonds. The third kappa shape index (κ3) is 2.99. The lowest BCUT2D eigenvalue weighted by atomic mass is 10.3. The first kappa shape index (κ1) is 10.0. The van der Waals surface area contributed by atoms with Gasteiger partial charge in [-0.15, -0.1) is 0 Å². The average Bonchev–Trinajstić information content (AvgIpc) is 2.86. The highest BCUT2D eigenvalue weighted by atomic mass is 16.5. The lowest BCUT2D eigenvalue weighted by Crippen LogP contribution is -2.41. The minimum absolute atomic E-state index is 0.137. The molecule has 82 valence electrons. The molecule has 0 saturated carbocycles. The normalized spacial score (nSPS) is 20.1. The minimum Gasteiger partial charge on any atom is -0.467 e. The van der Waals surface area contributed by atoms with E-state index in [9.17, 15) is 4.79 Å². The molecule has 5 nitrogen and oxygen atoms in total. The molecule has 1 fully saturated rings. The number of carbonyl (C=O) groups excluding carboxylic acids is 1. The summed E-state index contributed by atoms with van der Waals surface area (Å²) in [5.74, 6) is 0.734. The first-order chi connectivity index (χ1) is 7.34. The number of rotatable bonds is 3. The Morgan fingerprint density at radius 3 is 3.20 bits per heavy atom. The van der Waals surface area contributed by atoms with Crippen molar-refractivity contribution in [3.05, 3.63) is 24.2 Å². The monoisotopic (exact) mass is 210 g/mol. The van der Waals surface area contributed by atoms with E-state index in [2.05, 4.69) is 10.6 Å². The first-order valence-corrected chi connectivity index (χ1v) is 5.03. The lowest BCUT2D eigenvalue weighted by Gasteiger charge is -2.11. The van der Waals surface area contributed by atoms with Gasteiger partial charge in [0.05, 0.1) is 12.8 Å². The number of hydrogen-bond acceptors (Lipinski definition) is 3. The van der Waals surface area contributed by atoms with Crippen molar-refractivity contribution in [2.45, 2.75) is 25.6 Å². The van der Waals surface area contributed by atoms with Gasteiger partial charge in [-0.05, 0) is 25.0 Å². The van der Waals surface area contributed by atoms with Gasteiger partial charge in [0.15, 0.2) is 0 Å². The number of nitrogens with one attached hydrogen (secondary N) is 2. The summed E-state index contributed by atoms with van der Waals surface area (Å²) in [5, 5.41) is 5.42. The highest BCUT2D eigenvalue weighted by molar-refractivity contribution is 5.73. The Bertz CT molecular complexity index is 304. The molecule has 0 spiro atoms. The van der Waals surface area contributed by atoms with Crippen molar-refractivity contribution in [3.8, 4) is 0 Å². The van der Waals surface area contributed by atoms with Crippen LogP contribution in [0.25, 0.3) is 0 Å². The predicted molar refractivity (Wildman–Crippen MR) is 53.1 cm³/mol. The van der Waals surface area contributed by atoms with E-state index in [0.717, 1.165) is 25.2 Å². The van der Waals surface area contributed by atoms with E-state index in [1.807, 2.05) is 6.07 Å². The summed E-state index contributed by atoms with van der Waals surface area (Å²) in [5.41, 5.74) is 0. The fraction of sp³-hybridized carbons (Fsp3) is 0.500. The molecule has 1 aromatic rings. The summed E-state index contributed by atoms with van der Waals surface area (Å²) in [6.07, 6.45) is 3.33. The fourth-order valence-corrected chi connectivity index (χ4v) is 1.47. The van der Waals surface area contributed by atoms with Crippen molar-refractivity contribution in [2.24, 2.45) is 0 Å². The maximum Gasteiger partial charge on any atom is 0.317 e. The lowest BCUT2D eigenvalue weighted by molar-refractivity contribution is 0.0906. The third-order valence-corrected chi connectivity index (χ3v) is 2.23. The highest BCUT2D eigenvalue weighted by Gasteiger charge is 2.17. The van der Waals surface area contributed by atoms with Crippen LogP contribution in [0, 0.1) is 0 Å². The van der Waals surface area contributed by atoms with Crippen LogP contribution in [0.5, 0.6) is 0 Å². The number of urea groups is 1. The number of carbonyl (C=O) groups is 1. The summed E-state index contributed by atoms with van der Waals surface area (Å²) in [7, 11) is 0. The molecule has 2 heterocycles. The van der Waals surface area contributed by atoms with E-state index in [4.69, 9.17) is 9.15 Å². The highest BCUT2D eigenvalue weighted by Crippen LogP contribution is 2.08. The zero-order valence-corrected chi connectivity index (χ0v) is 8.36. The zero-order chi connectivity index (χ0) is 10.5. The second-order valence-electron chi connectivity index (χ2n) is 3.41. The van der Waals surface area contributed by atoms with Crippen LogP contribution in [-0.2, 0) is 11.3 Å². The van der Waals surface area contributed by atoms with Crippen LogP contribution >= 0.6 is 0 Å². The van der Waals surface area contributed by atoms with Crippen molar-refractivity contribution >= 4 is 6.03 Å². The molecule has 0 aromatic carbocycles. The summed E-state index contributed by atoms with van der Waals surface area (Å²) in [6, 6.07) is 3.37. The minimum atomic E-state index is -0.224. The molecule has 15 heavy (non-hydrogen) atoms. The Labute approximate surface area is 87.8 Å². The van der Waals surface area contributed by atoms with Gasteiger partial charge in [-0.2, -0.15) is 0 Å². The number of hydrogen-bond donors (Lipinski definition) is 2. The SMILES string of the molecule is O=C(NCc1ccco1)NC1CCCO1. The Hall–Kier alpha value is -1.49. The Balaban J connectivity index is 1.68. The van der Waals surface area contributed by atoms with E-state index in [1.165, 1.54) is 0 Å². The van der Waals surface area contributed by atoms with Gasteiger partial charge >= 0.3 is 6.03 Å². The predicted octanol–water partition coefficient (Wildman–Crippen LogP) is 1.22. The van der Waals surface area contributed by atoms with Crippen LogP contribution in [0.4, 0.5) is 4.79 Å². The zero-order valence-electron chi connectivity index (χ0n) is 8.36. The number of furan rings is 1. The van der Waals surface area contributed by atoms with Crippen molar-refractivity contribution in [3.63, 3.8) is 0 Å². The number of ether oxygens (including phenoxy) is 1. The molecule has 5 heteroatoms. The average molecular weight is 210 g/mol. The molecule has 1 aliphatic rings. The van der Waals surface area contributed by atoms with Gasteiger partial charge < -0.3 is 19.8 Å². The van der Waals surface area contributed by atoms with Gasteiger partial charge in [-0.1, -0.05) is 0 Å². The summed E-state index contributed by atoms with van der Waals surface area (Å²) in [4.78, 5) is 11.4. The van der Waals surface area contributed by atoms with Gasteiger partial charge in [0.2, 0.25) is 0 Å². The maximum absolute atomic E-state index is 11.4. The topological polar surface area (TPSA) is 63.5 Å². The van der Waals surface area contributed by atoms with E-state index in [-0.39, 0.29) is 12.3 Å². The summed E-state index contributed by atoms with van der Waals surface area (Å²) < 4.78 is 10.3. The Kier molecular flexibility index (Phi) is 3.24. The van der Waals surface area contributed by atoms with Gasteiger partial charge in [0, 0.05) is 6.61 Å². The Morgan fingerprint density at radius 2 is 2.53 bits per heavy atom. The second-order valence-corrected chi connectivity index (χ2v) is 3.41. The molecule has 2 rings (SSSR count). The maximum atomic E-state index is 11.4. The van der Waals surface area contributed by atoms with E-state index >= 15 is 0 Å². The molecule has 2 N–H and O–H groups in total. The number of amides is 2. The van der Waals surface area contributed by atoms with Crippen LogP contribution in [0.15, 0.2) is 22.8 Å². The van der Waals surface area contributed by atoms with E-state index in [0.29, 0.717) is 6.54 Å².